The molecular formula is C63H53N3. The van der Waals surface area contributed by atoms with E-state index in [2.05, 4.69) is 284 Å². The van der Waals surface area contributed by atoms with Crippen LogP contribution in [0.5, 0.6) is 0 Å². The highest BCUT2D eigenvalue weighted by molar-refractivity contribution is 5.85. The van der Waals surface area contributed by atoms with Crippen molar-refractivity contribution in [3.63, 3.8) is 0 Å². The second kappa shape index (κ2) is 18.9. The fourth-order valence-corrected chi connectivity index (χ4v) is 9.25. The minimum atomic E-state index is 0.233. The van der Waals surface area contributed by atoms with Crippen LogP contribution in [-0.4, -0.2) is 6.04 Å². The summed E-state index contributed by atoms with van der Waals surface area (Å²) in [6, 6.07) is 83.9. The average Bonchev–Trinajstić information content (AvgIpc) is 3.36. The fourth-order valence-electron chi connectivity index (χ4n) is 9.25. The average molecular weight is 852 g/mol. The summed E-state index contributed by atoms with van der Waals surface area (Å²) in [6.07, 6.45) is 7.85. The van der Waals surface area contributed by atoms with Gasteiger partial charge in [0.25, 0.3) is 0 Å². The van der Waals surface area contributed by atoms with Crippen LogP contribution in [0.15, 0.2) is 254 Å². The van der Waals surface area contributed by atoms with E-state index < -0.39 is 0 Å². The Hall–Kier alpha value is -8.14. The van der Waals surface area contributed by atoms with Gasteiger partial charge in [0.05, 0.1) is 6.04 Å². The lowest BCUT2D eigenvalue weighted by Gasteiger charge is -2.33. The van der Waals surface area contributed by atoms with Gasteiger partial charge in [0, 0.05) is 45.5 Å². The van der Waals surface area contributed by atoms with E-state index >= 15 is 0 Å². The first-order valence-electron chi connectivity index (χ1n) is 22.9. The van der Waals surface area contributed by atoms with Crippen LogP contribution < -0.4 is 14.7 Å². The lowest BCUT2D eigenvalue weighted by Crippen LogP contribution is -2.30. The molecule has 66 heavy (non-hydrogen) atoms. The van der Waals surface area contributed by atoms with Gasteiger partial charge in [0.2, 0.25) is 0 Å². The molecule has 0 saturated carbocycles. The van der Waals surface area contributed by atoms with E-state index in [4.69, 9.17) is 0 Å². The summed E-state index contributed by atoms with van der Waals surface area (Å²) >= 11 is 0. The van der Waals surface area contributed by atoms with Gasteiger partial charge < -0.3 is 14.7 Å². The lowest BCUT2D eigenvalue weighted by atomic mass is 9.92. The van der Waals surface area contributed by atoms with Crippen LogP contribution >= 0.6 is 0 Å². The van der Waals surface area contributed by atoms with Gasteiger partial charge >= 0.3 is 0 Å². The Morgan fingerprint density at radius 3 is 1.06 bits per heavy atom. The van der Waals surface area contributed by atoms with Crippen molar-refractivity contribution < 1.29 is 0 Å². The van der Waals surface area contributed by atoms with E-state index in [9.17, 15) is 0 Å². The molecule has 1 atom stereocenters. The number of nitrogens with zero attached hydrogens (tertiary/aromatic N) is 3. The maximum Gasteiger partial charge on any atom is 0.0562 e. The molecule has 320 valence electrons. The second-order valence-corrected chi connectivity index (χ2v) is 17.3. The normalized spacial score (nSPS) is 13.2. The van der Waals surface area contributed by atoms with Gasteiger partial charge in [-0.1, -0.05) is 139 Å². The summed E-state index contributed by atoms with van der Waals surface area (Å²) in [5, 5.41) is 0. The zero-order valence-corrected chi connectivity index (χ0v) is 37.8. The van der Waals surface area contributed by atoms with Crippen LogP contribution in [0.25, 0.3) is 33.4 Å². The number of hydrogen-bond donors (Lipinski definition) is 0. The zero-order chi connectivity index (χ0) is 44.8. The van der Waals surface area contributed by atoms with Gasteiger partial charge in [-0.2, -0.15) is 0 Å². The molecule has 3 nitrogen and oxygen atoms in total. The van der Waals surface area contributed by atoms with Crippen molar-refractivity contribution in [3.8, 4) is 33.4 Å². The molecular weight excluding hydrogens is 799 g/mol. The molecule has 0 radical (unpaired) electrons. The van der Waals surface area contributed by atoms with Gasteiger partial charge in [0.15, 0.2) is 0 Å². The van der Waals surface area contributed by atoms with Crippen molar-refractivity contribution >= 4 is 45.5 Å². The Labute approximate surface area is 390 Å². The molecule has 0 saturated heterocycles. The molecule has 0 aromatic heterocycles. The van der Waals surface area contributed by atoms with E-state index in [1.54, 1.807) is 0 Å². The number of para-hydroxylation sites is 3. The molecule has 1 aliphatic carbocycles. The molecule has 0 N–H and O–H groups in total. The molecule has 0 heterocycles. The molecule has 3 heteroatoms. The van der Waals surface area contributed by atoms with Gasteiger partial charge in [-0.15, -0.1) is 0 Å². The Morgan fingerprint density at radius 2 is 0.667 bits per heavy atom. The highest BCUT2D eigenvalue weighted by atomic mass is 15.2. The number of allylic oxidation sites excluding steroid dienone is 2. The minimum Gasteiger partial charge on any atom is -0.334 e. The van der Waals surface area contributed by atoms with E-state index in [0.29, 0.717) is 0 Å². The lowest BCUT2D eigenvalue weighted by molar-refractivity contribution is 0.778. The van der Waals surface area contributed by atoms with Gasteiger partial charge in [-0.25, -0.2) is 0 Å². The van der Waals surface area contributed by atoms with Crippen molar-refractivity contribution in [2.75, 3.05) is 14.7 Å². The number of anilines is 8. The predicted molar refractivity (Wildman–Crippen MR) is 281 cm³/mol. The smallest absolute Gasteiger partial charge is 0.0562 e. The van der Waals surface area contributed by atoms with Crippen LogP contribution in [-0.2, 0) is 0 Å². The number of rotatable bonds is 12. The first kappa shape index (κ1) is 41.8. The summed E-state index contributed by atoms with van der Waals surface area (Å²) in [4.78, 5) is 7.13. The van der Waals surface area contributed by atoms with Crippen molar-refractivity contribution in [1.29, 1.82) is 0 Å². The maximum absolute atomic E-state index is 2.46. The highest BCUT2D eigenvalue weighted by Gasteiger charge is 2.21. The van der Waals surface area contributed by atoms with Crippen LogP contribution in [0.2, 0.25) is 0 Å². The van der Waals surface area contributed by atoms with Crippen LogP contribution in [0.3, 0.4) is 0 Å². The number of hydrogen-bond acceptors (Lipinski definition) is 3. The molecule has 0 amide bonds. The van der Waals surface area contributed by atoms with Crippen LogP contribution in [0.4, 0.5) is 45.5 Å². The molecule has 0 bridgehead atoms. The molecule has 0 spiro atoms. The van der Waals surface area contributed by atoms with Crippen LogP contribution in [0.1, 0.15) is 24.5 Å². The molecule has 1 aliphatic rings. The molecule has 10 rings (SSSR count). The molecule has 0 fully saturated rings. The third kappa shape index (κ3) is 9.11. The van der Waals surface area contributed by atoms with E-state index in [0.717, 1.165) is 62.8 Å². The third-order valence-electron chi connectivity index (χ3n) is 12.5. The first-order chi connectivity index (χ1) is 32.4. The fraction of sp³-hybridized carbons (Fsp3) is 0.0794. The van der Waals surface area contributed by atoms with Crippen LogP contribution in [0, 0.1) is 13.8 Å². The minimum absolute atomic E-state index is 0.233. The SMILES string of the molecule is CC1=CC(N(c2ccccc2)c2ccc(-c3cc(-c4ccc(N(c5ccccc5)c5cccc(C)c5)cc4)cc(-c4ccc(N(c5ccccc5)c5cccc(C)c5)cc4)c3)cc2)CC=C1. The standard InChI is InChI=1S/C63H53N3/c1-46-16-13-25-61(40-46)64(55-19-7-4-8-20-55)58-34-28-49(29-35-58)52-43-53(50-30-36-59(37-31-50)65(56-21-9-5-10-22-56)62-26-14-17-47(2)41-62)45-54(44-52)51-32-38-60(39-33-51)66(57-23-11-6-12-24-57)63-27-15-18-48(3)42-63/h4-26,28-45,63H,27H2,1-3H3. The Bertz CT molecular complexity index is 2970. The predicted octanol–water partition coefficient (Wildman–Crippen LogP) is 17.7. The number of aryl methyl sites for hydroxylation is 2. The summed E-state index contributed by atoms with van der Waals surface area (Å²) in [6.45, 7) is 6.49. The van der Waals surface area contributed by atoms with Crippen molar-refractivity contribution in [2.24, 2.45) is 0 Å². The van der Waals surface area contributed by atoms with Gasteiger partial charge in [0.1, 0.15) is 0 Å². The van der Waals surface area contributed by atoms with E-state index in [1.807, 2.05) is 0 Å². The summed E-state index contributed by atoms with van der Waals surface area (Å²) in [5.41, 5.74) is 19.8. The Kier molecular flexibility index (Phi) is 12.0. The van der Waals surface area contributed by atoms with Gasteiger partial charge in [-0.05, 0) is 187 Å². The van der Waals surface area contributed by atoms with Gasteiger partial charge in [-0.3, -0.25) is 0 Å². The zero-order valence-electron chi connectivity index (χ0n) is 37.8. The topological polar surface area (TPSA) is 9.72 Å². The molecule has 9 aromatic carbocycles. The monoisotopic (exact) mass is 851 g/mol. The molecule has 1 unspecified atom stereocenters. The Balaban J connectivity index is 1.05. The largest absolute Gasteiger partial charge is 0.334 e. The first-order valence-corrected chi connectivity index (χ1v) is 22.9. The van der Waals surface area contributed by atoms with E-state index in [1.165, 1.54) is 39.2 Å². The van der Waals surface area contributed by atoms with Crippen molar-refractivity contribution in [3.05, 3.63) is 265 Å². The van der Waals surface area contributed by atoms with Crippen molar-refractivity contribution in [1.82, 2.24) is 0 Å². The molecule has 9 aromatic rings. The number of benzene rings is 9. The Morgan fingerprint density at radius 1 is 0.318 bits per heavy atom. The molecule has 0 aliphatic heterocycles. The second-order valence-electron chi connectivity index (χ2n) is 17.3. The summed E-state index contributed by atoms with van der Waals surface area (Å²) in [7, 11) is 0. The van der Waals surface area contributed by atoms with Crippen molar-refractivity contribution in [2.45, 2.75) is 33.2 Å². The summed E-state index contributed by atoms with van der Waals surface area (Å²) in [5.74, 6) is 0. The quantitative estimate of drug-likeness (QED) is 0.121. The third-order valence-corrected chi connectivity index (χ3v) is 12.5. The highest BCUT2D eigenvalue weighted by Crippen LogP contribution is 2.41. The summed E-state index contributed by atoms with van der Waals surface area (Å²) < 4.78 is 0. The maximum atomic E-state index is 2.46. The van der Waals surface area contributed by atoms with E-state index in [-0.39, 0.29) is 6.04 Å².